The molecule has 2 saturated carbocycles. The highest BCUT2D eigenvalue weighted by atomic mass is 32.2. The Morgan fingerprint density at radius 2 is 1.77 bits per heavy atom. The van der Waals surface area contributed by atoms with Gasteiger partial charge >= 0.3 is 0 Å². The molecule has 2 heterocycles. The summed E-state index contributed by atoms with van der Waals surface area (Å²) in [6.45, 7) is 0.932. The summed E-state index contributed by atoms with van der Waals surface area (Å²) < 4.78 is 38.6. The molecule has 3 aliphatic rings. The normalized spacial score (nSPS) is 23.2. The first-order valence-corrected chi connectivity index (χ1v) is 16.5. The molecule has 40 heavy (non-hydrogen) atoms. The Labute approximate surface area is 238 Å². The summed E-state index contributed by atoms with van der Waals surface area (Å²) in [6.07, 6.45) is 4.80. The Morgan fingerprint density at radius 3 is 2.45 bits per heavy atom. The van der Waals surface area contributed by atoms with Gasteiger partial charge in [-0.1, -0.05) is 37.1 Å². The van der Waals surface area contributed by atoms with Gasteiger partial charge in [0.05, 0.1) is 28.1 Å². The first-order valence-electron chi connectivity index (χ1n) is 13.8. The molecule has 0 bridgehead atoms. The van der Waals surface area contributed by atoms with E-state index in [0.717, 1.165) is 47.5 Å². The maximum atomic E-state index is 14.8. The predicted molar refractivity (Wildman–Crippen MR) is 154 cm³/mol. The molecule has 6 rings (SSSR count). The number of thiazole rings is 1. The highest BCUT2D eigenvalue weighted by Gasteiger charge is 2.47. The predicted octanol–water partition coefficient (Wildman–Crippen LogP) is 5.30. The van der Waals surface area contributed by atoms with E-state index in [1.165, 1.54) is 17.4 Å². The summed E-state index contributed by atoms with van der Waals surface area (Å²) >= 11 is 1.43. The number of nitriles is 1. The number of halogens is 1. The lowest BCUT2D eigenvalue weighted by molar-refractivity contribution is -0.127. The number of aromatic nitrogens is 1. The van der Waals surface area contributed by atoms with Crippen LogP contribution in [-0.4, -0.2) is 49.4 Å². The highest BCUT2D eigenvalue weighted by molar-refractivity contribution is 7.91. The zero-order valence-corrected chi connectivity index (χ0v) is 23.7. The molecule has 1 amide bonds. The summed E-state index contributed by atoms with van der Waals surface area (Å²) in [5.74, 6) is -0.570. The van der Waals surface area contributed by atoms with Crippen molar-refractivity contribution in [3.63, 3.8) is 0 Å². The van der Waals surface area contributed by atoms with Crippen LogP contribution in [0.1, 0.15) is 50.1 Å². The molecule has 2 atom stereocenters. The van der Waals surface area contributed by atoms with E-state index >= 15 is 0 Å². The minimum atomic E-state index is -2.97. The van der Waals surface area contributed by atoms with Crippen molar-refractivity contribution >= 4 is 32.8 Å². The maximum Gasteiger partial charge on any atom is 0.225 e. The van der Waals surface area contributed by atoms with E-state index in [1.54, 1.807) is 18.2 Å². The molecule has 2 aliphatic carbocycles. The fourth-order valence-electron chi connectivity index (χ4n) is 5.82. The van der Waals surface area contributed by atoms with Gasteiger partial charge in [0.15, 0.2) is 9.84 Å². The molecule has 3 fully saturated rings. The van der Waals surface area contributed by atoms with Crippen molar-refractivity contribution in [3.05, 3.63) is 60.0 Å². The van der Waals surface area contributed by atoms with Gasteiger partial charge in [-0.25, -0.2) is 17.8 Å². The monoisotopic (exact) mass is 578 g/mol. The van der Waals surface area contributed by atoms with Crippen molar-refractivity contribution < 1.29 is 17.6 Å². The smallest absolute Gasteiger partial charge is 0.225 e. The summed E-state index contributed by atoms with van der Waals surface area (Å²) in [5.41, 5.74) is 2.40. The number of nitrogens with zero attached hydrogens (tertiary/aromatic N) is 3. The molecule has 3 aromatic rings. The van der Waals surface area contributed by atoms with E-state index in [-0.39, 0.29) is 35.1 Å². The molecule has 7 nitrogen and oxygen atoms in total. The number of carbonyl (C=O) groups excluding carboxylic acids is 1. The van der Waals surface area contributed by atoms with Gasteiger partial charge in [-0.15, -0.1) is 11.3 Å². The average Bonchev–Trinajstić information content (AvgIpc) is 3.60. The first-order chi connectivity index (χ1) is 19.3. The van der Waals surface area contributed by atoms with Gasteiger partial charge in [0.1, 0.15) is 16.4 Å². The van der Waals surface area contributed by atoms with Crippen LogP contribution in [0.4, 0.5) is 10.1 Å². The van der Waals surface area contributed by atoms with Crippen LogP contribution < -0.4 is 10.2 Å². The number of sulfone groups is 1. The topological polar surface area (TPSA) is 103 Å². The van der Waals surface area contributed by atoms with Gasteiger partial charge < -0.3 is 10.2 Å². The minimum absolute atomic E-state index is 0.0921. The zero-order valence-electron chi connectivity index (χ0n) is 22.1. The Bertz CT molecular complexity index is 1560. The summed E-state index contributed by atoms with van der Waals surface area (Å²) in [6, 6.07) is 16.9. The van der Waals surface area contributed by atoms with Crippen molar-refractivity contribution in [1.82, 2.24) is 10.3 Å². The van der Waals surface area contributed by atoms with Gasteiger partial charge in [0.25, 0.3) is 0 Å². The van der Waals surface area contributed by atoms with E-state index in [1.807, 2.05) is 24.3 Å². The molecule has 0 radical (unpaired) electrons. The lowest BCUT2D eigenvalue weighted by Crippen LogP contribution is -2.42. The third kappa shape index (κ3) is 5.37. The quantitative estimate of drug-likeness (QED) is 0.426. The lowest BCUT2D eigenvalue weighted by atomic mass is 9.76. The minimum Gasteiger partial charge on any atom is -0.369 e. The molecule has 1 saturated heterocycles. The Kier molecular flexibility index (Phi) is 7.13. The summed E-state index contributed by atoms with van der Waals surface area (Å²) in [5, 5.41) is 13.1. The SMILES string of the molecule is N#CC1(NC(=O)[C@@H]2CCCC[C@H]2c2nc(-c3ccccc3F)sc2-c2ccc(N3CCS(=O)(=O)CC3)cc2)CC1. The standard InChI is InChI=1S/C30H31FN4O3S2/c31-25-8-4-3-7-24(25)29-33-26(22-5-1-2-6-23(22)28(36)34-30(19-32)13-14-30)27(39-29)20-9-11-21(12-10-20)35-15-17-40(37,38)18-16-35/h3-4,7-12,22-23H,1-2,5-6,13-18H2,(H,34,36)/t22-,23-/m1/s1. The van der Waals surface area contributed by atoms with Crippen LogP contribution in [0.25, 0.3) is 21.0 Å². The molecule has 0 unspecified atom stereocenters. The Morgan fingerprint density at radius 1 is 1.07 bits per heavy atom. The number of nitrogens with one attached hydrogen (secondary N) is 1. The zero-order chi connectivity index (χ0) is 27.9. The molecule has 208 valence electrons. The van der Waals surface area contributed by atoms with Crippen LogP contribution in [0, 0.1) is 23.1 Å². The molecule has 1 aromatic heterocycles. The summed E-state index contributed by atoms with van der Waals surface area (Å²) in [7, 11) is -2.97. The molecule has 2 aromatic carbocycles. The Balaban J connectivity index is 1.36. The van der Waals surface area contributed by atoms with Crippen LogP contribution in [-0.2, 0) is 14.6 Å². The fraction of sp³-hybridized carbons (Fsp3) is 0.433. The number of anilines is 1. The van der Waals surface area contributed by atoms with Gasteiger partial charge in [0.2, 0.25) is 5.91 Å². The van der Waals surface area contributed by atoms with Crippen LogP contribution in [0.5, 0.6) is 0 Å². The average molecular weight is 579 g/mol. The maximum absolute atomic E-state index is 14.8. The van der Waals surface area contributed by atoms with Crippen LogP contribution in [0.3, 0.4) is 0 Å². The van der Waals surface area contributed by atoms with E-state index in [0.29, 0.717) is 36.5 Å². The van der Waals surface area contributed by atoms with Crippen LogP contribution in [0.2, 0.25) is 0 Å². The second kappa shape index (κ2) is 10.6. The second-order valence-corrected chi connectivity index (χ2v) is 14.4. The van der Waals surface area contributed by atoms with Crippen LogP contribution in [0.15, 0.2) is 48.5 Å². The number of carbonyl (C=O) groups is 1. The van der Waals surface area contributed by atoms with E-state index in [4.69, 9.17) is 4.98 Å². The van der Waals surface area contributed by atoms with Crippen molar-refractivity contribution in [2.24, 2.45) is 5.92 Å². The number of benzene rings is 2. The van der Waals surface area contributed by atoms with Crippen molar-refractivity contribution in [2.75, 3.05) is 29.5 Å². The highest BCUT2D eigenvalue weighted by Crippen LogP contribution is 2.47. The lowest BCUT2D eigenvalue weighted by Gasteiger charge is -2.31. The van der Waals surface area contributed by atoms with Gasteiger partial charge in [0, 0.05) is 36.2 Å². The van der Waals surface area contributed by atoms with Crippen molar-refractivity contribution in [1.29, 1.82) is 5.26 Å². The number of rotatable bonds is 6. The van der Waals surface area contributed by atoms with Gasteiger partial charge in [-0.05, 0) is 55.5 Å². The van der Waals surface area contributed by atoms with Gasteiger partial charge in [-0.3, -0.25) is 4.79 Å². The molecule has 0 spiro atoms. The van der Waals surface area contributed by atoms with E-state index in [2.05, 4.69) is 16.3 Å². The van der Waals surface area contributed by atoms with E-state index < -0.39 is 15.4 Å². The third-order valence-corrected chi connectivity index (χ3v) is 11.1. The number of hydrogen-bond acceptors (Lipinski definition) is 7. The fourth-order valence-corrected chi connectivity index (χ4v) is 8.19. The van der Waals surface area contributed by atoms with Gasteiger partial charge in [-0.2, -0.15) is 5.26 Å². The number of hydrogen-bond donors (Lipinski definition) is 1. The molecule has 1 N–H and O–H groups in total. The second-order valence-electron chi connectivity index (χ2n) is 11.1. The Hall–Kier alpha value is -3.29. The summed E-state index contributed by atoms with van der Waals surface area (Å²) in [4.78, 5) is 21.4. The molecular formula is C30H31FN4O3S2. The van der Waals surface area contributed by atoms with Crippen molar-refractivity contribution in [2.45, 2.75) is 50.0 Å². The first kappa shape index (κ1) is 26.9. The molecule has 10 heteroatoms. The largest absolute Gasteiger partial charge is 0.369 e. The van der Waals surface area contributed by atoms with Crippen molar-refractivity contribution in [3.8, 4) is 27.1 Å². The van der Waals surface area contributed by atoms with Crippen LogP contribution >= 0.6 is 11.3 Å². The van der Waals surface area contributed by atoms with E-state index in [9.17, 15) is 22.9 Å². The third-order valence-electron chi connectivity index (χ3n) is 8.38. The molecular weight excluding hydrogens is 547 g/mol. The molecule has 1 aliphatic heterocycles. The number of amides is 1.